The van der Waals surface area contributed by atoms with Gasteiger partial charge in [0, 0.05) is 31.7 Å². The standard InChI is InChI=1S/C25H26FN5OS/c1-16-5-9-20(10-6-16)31-23-22(18(3)28-31)33-25(27-23)30-12-4-11-29(13-14-30)24(32)19-8-7-17(2)21(26)15-19/h5-10,15H,4,11-14H2,1-3H3. The number of aromatic nitrogens is 3. The number of thiazole rings is 1. The second kappa shape index (κ2) is 8.59. The molecule has 3 heterocycles. The average molecular weight is 464 g/mol. The Morgan fingerprint density at radius 2 is 1.79 bits per heavy atom. The summed E-state index contributed by atoms with van der Waals surface area (Å²) in [6.45, 7) is 8.51. The van der Waals surface area contributed by atoms with Crippen LogP contribution in [0.4, 0.5) is 9.52 Å². The first-order valence-electron chi connectivity index (χ1n) is 11.1. The molecule has 5 rings (SSSR count). The second-order valence-electron chi connectivity index (χ2n) is 8.58. The molecule has 0 N–H and O–H groups in total. The van der Waals surface area contributed by atoms with Gasteiger partial charge in [0.1, 0.15) is 5.82 Å². The van der Waals surface area contributed by atoms with Crippen LogP contribution in [0.25, 0.3) is 16.0 Å². The van der Waals surface area contributed by atoms with E-state index < -0.39 is 0 Å². The van der Waals surface area contributed by atoms with Gasteiger partial charge in [0.25, 0.3) is 5.91 Å². The molecule has 8 heteroatoms. The van der Waals surface area contributed by atoms with Gasteiger partial charge in [-0.25, -0.2) is 9.07 Å². The van der Waals surface area contributed by atoms with E-state index in [1.807, 2.05) is 16.5 Å². The fourth-order valence-electron chi connectivity index (χ4n) is 4.14. The molecule has 6 nitrogen and oxygen atoms in total. The molecule has 1 saturated heterocycles. The zero-order valence-electron chi connectivity index (χ0n) is 19.0. The number of nitrogens with zero attached hydrogens (tertiary/aromatic N) is 5. The lowest BCUT2D eigenvalue weighted by Gasteiger charge is -2.22. The SMILES string of the molecule is Cc1ccc(-n2nc(C)c3sc(N4CCCN(C(=O)c5ccc(C)c(F)c5)CC4)nc32)cc1. The highest BCUT2D eigenvalue weighted by Gasteiger charge is 2.24. The number of amides is 1. The van der Waals surface area contributed by atoms with Crippen LogP contribution in [0, 0.1) is 26.6 Å². The van der Waals surface area contributed by atoms with Crippen molar-refractivity contribution in [3.8, 4) is 5.69 Å². The maximum absolute atomic E-state index is 14.0. The molecule has 1 aliphatic heterocycles. The summed E-state index contributed by atoms with van der Waals surface area (Å²) in [5, 5.41) is 5.65. The summed E-state index contributed by atoms with van der Waals surface area (Å²) in [7, 11) is 0. The third-order valence-electron chi connectivity index (χ3n) is 6.13. The topological polar surface area (TPSA) is 54.3 Å². The smallest absolute Gasteiger partial charge is 0.254 e. The number of halogens is 1. The summed E-state index contributed by atoms with van der Waals surface area (Å²) in [5.41, 5.74) is 4.97. The lowest BCUT2D eigenvalue weighted by molar-refractivity contribution is 0.0766. The van der Waals surface area contributed by atoms with Crippen LogP contribution in [0.5, 0.6) is 0 Å². The Morgan fingerprint density at radius 3 is 2.55 bits per heavy atom. The van der Waals surface area contributed by atoms with Crippen molar-refractivity contribution in [2.75, 3.05) is 31.1 Å². The van der Waals surface area contributed by atoms with Crippen molar-refractivity contribution in [3.05, 3.63) is 70.7 Å². The molecule has 4 aromatic rings. The van der Waals surface area contributed by atoms with Gasteiger partial charge in [-0.1, -0.05) is 35.1 Å². The summed E-state index contributed by atoms with van der Waals surface area (Å²) in [5.74, 6) is -0.462. The molecule has 1 aliphatic rings. The number of fused-ring (bicyclic) bond motifs is 1. The van der Waals surface area contributed by atoms with Crippen molar-refractivity contribution < 1.29 is 9.18 Å². The number of rotatable bonds is 3. The van der Waals surface area contributed by atoms with Crippen molar-refractivity contribution >= 4 is 32.7 Å². The van der Waals surface area contributed by atoms with Crippen LogP contribution in [0.3, 0.4) is 0 Å². The van der Waals surface area contributed by atoms with Gasteiger partial charge in [-0.3, -0.25) is 4.79 Å². The van der Waals surface area contributed by atoms with Crippen LogP contribution in [0.15, 0.2) is 42.5 Å². The van der Waals surface area contributed by atoms with E-state index >= 15 is 0 Å². The maximum atomic E-state index is 14.0. The van der Waals surface area contributed by atoms with Crippen molar-refractivity contribution in [2.45, 2.75) is 27.2 Å². The summed E-state index contributed by atoms with van der Waals surface area (Å²) in [6, 6.07) is 13.0. The molecule has 1 fully saturated rings. The van der Waals surface area contributed by atoms with Gasteiger partial charge >= 0.3 is 0 Å². The number of benzene rings is 2. The number of carbonyl (C=O) groups excluding carboxylic acids is 1. The van der Waals surface area contributed by atoms with Gasteiger partial charge in [-0.15, -0.1) is 0 Å². The minimum absolute atomic E-state index is 0.120. The molecule has 170 valence electrons. The van der Waals surface area contributed by atoms with Crippen LogP contribution in [0.2, 0.25) is 0 Å². The lowest BCUT2D eigenvalue weighted by Crippen LogP contribution is -2.35. The van der Waals surface area contributed by atoms with E-state index in [4.69, 9.17) is 10.1 Å². The van der Waals surface area contributed by atoms with Crippen LogP contribution in [-0.4, -0.2) is 51.8 Å². The third kappa shape index (κ3) is 4.11. The van der Waals surface area contributed by atoms with E-state index in [1.54, 1.807) is 30.4 Å². The average Bonchev–Trinajstić information content (AvgIpc) is 3.27. The molecule has 2 aromatic carbocycles. The summed E-state index contributed by atoms with van der Waals surface area (Å²) in [6.07, 6.45) is 0.832. The quantitative estimate of drug-likeness (QED) is 0.434. The van der Waals surface area contributed by atoms with Crippen LogP contribution in [-0.2, 0) is 0 Å². The predicted molar refractivity (Wildman–Crippen MR) is 130 cm³/mol. The molecule has 1 amide bonds. The number of carbonyl (C=O) groups is 1. The van der Waals surface area contributed by atoms with E-state index in [0.717, 1.165) is 39.8 Å². The van der Waals surface area contributed by atoms with Crippen molar-refractivity contribution in [1.82, 2.24) is 19.7 Å². The van der Waals surface area contributed by atoms with Gasteiger partial charge in [0.15, 0.2) is 10.8 Å². The molecule has 2 aromatic heterocycles. The first kappa shape index (κ1) is 21.6. The monoisotopic (exact) mass is 463 g/mol. The van der Waals surface area contributed by atoms with Gasteiger partial charge in [-0.2, -0.15) is 10.1 Å². The highest BCUT2D eigenvalue weighted by molar-refractivity contribution is 7.22. The van der Waals surface area contributed by atoms with E-state index in [2.05, 4.69) is 36.1 Å². The molecule has 0 spiro atoms. The minimum Gasteiger partial charge on any atom is -0.346 e. The fourth-order valence-corrected chi connectivity index (χ4v) is 5.18. The Morgan fingerprint density at radius 1 is 1.00 bits per heavy atom. The van der Waals surface area contributed by atoms with Gasteiger partial charge in [0.05, 0.1) is 16.1 Å². The normalized spacial score (nSPS) is 14.7. The molecule has 0 atom stereocenters. The number of hydrogen-bond donors (Lipinski definition) is 0. The molecule has 0 saturated carbocycles. The number of hydrogen-bond acceptors (Lipinski definition) is 5. The molecule has 0 aliphatic carbocycles. The van der Waals surface area contributed by atoms with E-state index in [1.165, 1.54) is 11.6 Å². The maximum Gasteiger partial charge on any atom is 0.254 e. The zero-order valence-corrected chi connectivity index (χ0v) is 19.8. The summed E-state index contributed by atoms with van der Waals surface area (Å²) in [4.78, 5) is 21.9. The van der Waals surface area contributed by atoms with Crippen LogP contribution in [0.1, 0.15) is 33.6 Å². The number of anilines is 1. The minimum atomic E-state index is -0.343. The Kier molecular flexibility index (Phi) is 5.62. The third-order valence-corrected chi connectivity index (χ3v) is 7.34. The first-order valence-corrected chi connectivity index (χ1v) is 12.0. The van der Waals surface area contributed by atoms with E-state index in [0.29, 0.717) is 30.8 Å². The number of aryl methyl sites for hydroxylation is 3. The molecule has 0 bridgehead atoms. The van der Waals surface area contributed by atoms with Gasteiger partial charge < -0.3 is 9.80 Å². The summed E-state index contributed by atoms with van der Waals surface area (Å²) >= 11 is 1.65. The van der Waals surface area contributed by atoms with Crippen molar-refractivity contribution in [3.63, 3.8) is 0 Å². The Hall–Kier alpha value is -3.26. The highest BCUT2D eigenvalue weighted by Crippen LogP contribution is 2.33. The van der Waals surface area contributed by atoms with E-state index in [9.17, 15) is 9.18 Å². The zero-order chi connectivity index (χ0) is 23.1. The van der Waals surface area contributed by atoms with Crippen molar-refractivity contribution in [2.24, 2.45) is 0 Å². The molecular formula is C25H26FN5OS. The predicted octanol–water partition coefficient (Wildman–Crippen LogP) is 4.90. The highest BCUT2D eigenvalue weighted by atomic mass is 32.1. The lowest BCUT2D eigenvalue weighted by atomic mass is 10.1. The Bertz CT molecular complexity index is 1330. The second-order valence-corrected chi connectivity index (χ2v) is 9.56. The molecular weight excluding hydrogens is 437 g/mol. The van der Waals surface area contributed by atoms with Crippen LogP contribution < -0.4 is 4.90 Å². The molecule has 0 radical (unpaired) electrons. The largest absolute Gasteiger partial charge is 0.346 e. The molecule has 0 unspecified atom stereocenters. The van der Waals surface area contributed by atoms with Crippen LogP contribution >= 0.6 is 11.3 Å². The molecule has 33 heavy (non-hydrogen) atoms. The summed E-state index contributed by atoms with van der Waals surface area (Å²) < 4.78 is 16.9. The van der Waals surface area contributed by atoms with E-state index in [-0.39, 0.29) is 11.7 Å². The van der Waals surface area contributed by atoms with Gasteiger partial charge in [-0.05, 0) is 57.0 Å². The Labute approximate surface area is 196 Å². The first-order chi connectivity index (χ1) is 15.9. The van der Waals surface area contributed by atoms with Gasteiger partial charge in [0.2, 0.25) is 0 Å². The fraction of sp³-hybridized carbons (Fsp3) is 0.320. The Balaban J connectivity index is 1.36. The van der Waals surface area contributed by atoms with Crippen molar-refractivity contribution in [1.29, 1.82) is 0 Å².